The number of para-hydroxylation sites is 2. The lowest BCUT2D eigenvalue weighted by Gasteiger charge is -2.25. The van der Waals surface area contributed by atoms with E-state index in [1.807, 2.05) is 12.1 Å². The molecule has 0 aliphatic heterocycles. The zero-order valence-corrected chi connectivity index (χ0v) is 20.5. The molecule has 0 N–H and O–H groups in total. The molecule has 0 fully saturated rings. The predicted octanol–water partition coefficient (Wildman–Crippen LogP) is 9.32. The SMILES string of the molecule is CCCCCCc1cc(C=O)sc1C=Cc1ccc(N(c2ccccc2)c2ccccc2)cc1. The molecule has 0 aliphatic rings. The monoisotopic (exact) mass is 465 g/mol. The van der Waals surface area contributed by atoms with E-state index in [9.17, 15) is 4.79 Å². The van der Waals surface area contributed by atoms with Crippen LogP contribution in [0.3, 0.4) is 0 Å². The van der Waals surface area contributed by atoms with Crippen molar-refractivity contribution >= 4 is 46.8 Å². The maximum Gasteiger partial charge on any atom is 0.160 e. The van der Waals surface area contributed by atoms with Gasteiger partial charge in [0.2, 0.25) is 0 Å². The average Bonchev–Trinajstić information content (AvgIpc) is 3.30. The molecule has 0 saturated heterocycles. The summed E-state index contributed by atoms with van der Waals surface area (Å²) in [5, 5.41) is 0. The standard InChI is InChI=1S/C31H31NOS/c1-2-3-4-7-12-26-23-30(24-33)34-31(26)22-19-25-17-20-29(21-18-25)32(27-13-8-5-9-14-27)28-15-10-6-11-16-28/h5-6,8-11,13-24H,2-4,7,12H2,1H3. The fourth-order valence-corrected chi connectivity index (χ4v) is 5.04. The maximum atomic E-state index is 11.3. The molecule has 0 bridgehead atoms. The first-order valence-corrected chi connectivity index (χ1v) is 12.9. The number of aryl methyl sites for hydroxylation is 1. The third kappa shape index (κ3) is 6.12. The molecule has 0 unspecified atom stereocenters. The summed E-state index contributed by atoms with van der Waals surface area (Å²) in [5.41, 5.74) is 5.80. The van der Waals surface area contributed by atoms with Gasteiger partial charge in [0, 0.05) is 21.9 Å². The number of hydrogen-bond donors (Lipinski definition) is 0. The van der Waals surface area contributed by atoms with Crippen LogP contribution in [0.15, 0.2) is 91.0 Å². The fourth-order valence-electron chi connectivity index (χ4n) is 4.11. The summed E-state index contributed by atoms with van der Waals surface area (Å²) < 4.78 is 0. The molecular weight excluding hydrogens is 434 g/mol. The summed E-state index contributed by atoms with van der Waals surface area (Å²) >= 11 is 1.58. The van der Waals surface area contributed by atoms with Gasteiger partial charge in [-0.3, -0.25) is 4.79 Å². The molecule has 3 aromatic carbocycles. The van der Waals surface area contributed by atoms with Crippen LogP contribution in [-0.4, -0.2) is 6.29 Å². The van der Waals surface area contributed by atoms with Gasteiger partial charge in [-0.05, 0) is 72.5 Å². The van der Waals surface area contributed by atoms with Crippen molar-refractivity contribution in [2.75, 3.05) is 4.90 Å². The zero-order chi connectivity index (χ0) is 23.6. The van der Waals surface area contributed by atoms with E-state index in [1.165, 1.54) is 36.1 Å². The third-order valence-electron chi connectivity index (χ3n) is 5.88. The Balaban J connectivity index is 1.54. The first kappa shape index (κ1) is 23.7. The van der Waals surface area contributed by atoms with E-state index in [0.29, 0.717) is 0 Å². The molecule has 2 nitrogen and oxygen atoms in total. The Bertz CT molecular complexity index is 1150. The molecule has 172 valence electrons. The highest BCUT2D eigenvalue weighted by Crippen LogP contribution is 2.34. The van der Waals surface area contributed by atoms with E-state index in [0.717, 1.165) is 40.2 Å². The number of carbonyl (C=O) groups excluding carboxylic acids is 1. The van der Waals surface area contributed by atoms with Gasteiger partial charge in [0.25, 0.3) is 0 Å². The van der Waals surface area contributed by atoms with Crippen LogP contribution in [0.2, 0.25) is 0 Å². The van der Waals surface area contributed by atoms with Crippen LogP contribution in [0.5, 0.6) is 0 Å². The molecule has 0 amide bonds. The molecule has 1 aromatic heterocycles. The molecule has 4 rings (SSSR count). The molecule has 0 atom stereocenters. The van der Waals surface area contributed by atoms with E-state index in [2.05, 4.69) is 103 Å². The number of hydrogen-bond acceptors (Lipinski definition) is 3. The summed E-state index contributed by atoms with van der Waals surface area (Å²) in [4.78, 5) is 15.6. The smallest absolute Gasteiger partial charge is 0.160 e. The largest absolute Gasteiger partial charge is 0.311 e. The molecule has 1 heterocycles. The lowest BCUT2D eigenvalue weighted by molar-refractivity contribution is 0.112. The second-order valence-electron chi connectivity index (χ2n) is 8.40. The summed E-state index contributed by atoms with van der Waals surface area (Å²) in [6.45, 7) is 2.23. The Morgan fingerprint density at radius 1 is 0.735 bits per heavy atom. The molecule has 4 aromatic rings. The van der Waals surface area contributed by atoms with Crippen LogP contribution in [0.1, 0.15) is 58.3 Å². The molecule has 0 aliphatic carbocycles. The van der Waals surface area contributed by atoms with Crippen LogP contribution < -0.4 is 4.90 Å². The van der Waals surface area contributed by atoms with Gasteiger partial charge in [-0.25, -0.2) is 0 Å². The Morgan fingerprint density at radius 2 is 1.35 bits per heavy atom. The first-order valence-electron chi connectivity index (χ1n) is 12.0. The van der Waals surface area contributed by atoms with Crippen molar-refractivity contribution in [3.05, 3.63) is 112 Å². The molecule has 0 saturated carbocycles. The van der Waals surface area contributed by atoms with Crippen LogP contribution in [0, 0.1) is 0 Å². The Morgan fingerprint density at radius 3 is 1.94 bits per heavy atom. The lowest BCUT2D eigenvalue weighted by Crippen LogP contribution is -2.09. The predicted molar refractivity (Wildman–Crippen MR) is 148 cm³/mol. The average molecular weight is 466 g/mol. The van der Waals surface area contributed by atoms with Crippen molar-refractivity contribution in [1.29, 1.82) is 0 Å². The van der Waals surface area contributed by atoms with E-state index < -0.39 is 0 Å². The second kappa shape index (κ2) is 12.2. The van der Waals surface area contributed by atoms with Gasteiger partial charge >= 0.3 is 0 Å². The number of anilines is 3. The van der Waals surface area contributed by atoms with E-state index in [1.54, 1.807) is 11.3 Å². The van der Waals surface area contributed by atoms with Gasteiger partial charge in [-0.15, -0.1) is 11.3 Å². The van der Waals surface area contributed by atoms with Crippen LogP contribution in [-0.2, 0) is 6.42 Å². The number of carbonyl (C=O) groups is 1. The van der Waals surface area contributed by atoms with Gasteiger partial charge in [-0.1, -0.05) is 80.8 Å². The van der Waals surface area contributed by atoms with Gasteiger partial charge in [-0.2, -0.15) is 0 Å². The van der Waals surface area contributed by atoms with Crippen molar-refractivity contribution < 1.29 is 4.79 Å². The summed E-state index contributed by atoms with van der Waals surface area (Å²) in [7, 11) is 0. The highest BCUT2D eigenvalue weighted by Gasteiger charge is 2.11. The van der Waals surface area contributed by atoms with Gasteiger partial charge in [0.15, 0.2) is 6.29 Å². The van der Waals surface area contributed by atoms with Crippen molar-refractivity contribution in [2.45, 2.75) is 39.0 Å². The minimum atomic E-state index is 0.807. The minimum absolute atomic E-state index is 0.807. The molecule has 0 spiro atoms. The number of aldehydes is 1. The fraction of sp³-hybridized carbons (Fsp3) is 0.194. The van der Waals surface area contributed by atoms with Gasteiger partial charge in [0.1, 0.15) is 0 Å². The van der Waals surface area contributed by atoms with Crippen molar-refractivity contribution in [1.82, 2.24) is 0 Å². The summed E-state index contributed by atoms with van der Waals surface area (Å²) in [6.07, 6.45) is 11.2. The number of unbranched alkanes of at least 4 members (excludes halogenated alkanes) is 3. The summed E-state index contributed by atoms with van der Waals surface area (Å²) in [6, 6.07) is 31.6. The van der Waals surface area contributed by atoms with Crippen LogP contribution in [0.25, 0.3) is 12.2 Å². The summed E-state index contributed by atoms with van der Waals surface area (Å²) in [5.74, 6) is 0. The van der Waals surface area contributed by atoms with E-state index >= 15 is 0 Å². The molecular formula is C31H31NOS. The minimum Gasteiger partial charge on any atom is -0.311 e. The molecule has 3 heteroatoms. The topological polar surface area (TPSA) is 20.3 Å². The van der Waals surface area contributed by atoms with Crippen molar-refractivity contribution in [2.24, 2.45) is 0 Å². The third-order valence-corrected chi connectivity index (χ3v) is 6.95. The second-order valence-corrected chi connectivity index (χ2v) is 9.51. The Hall–Kier alpha value is -3.43. The number of benzene rings is 3. The van der Waals surface area contributed by atoms with Crippen LogP contribution >= 0.6 is 11.3 Å². The van der Waals surface area contributed by atoms with E-state index in [4.69, 9.17) is 0 Å². The number of rotatable bonds is 11. The maximum absolute atomic E-state index is 11.3. The number of thiophene rings is 1. The Labute approximate surface area is 207 Å². The van der Waals surface area contributed by atoms with E-state index in [-0.39, 0.29) is 0 Å². The van der Waals surface area contributed by atoms with Crippen molar-refractivity contribution in [3.8, 4) is 0 Å². The zero-order valence-electron chi connectivity index (χ0n) is 19.7. The van der Waals surface area contributed by atoms with Gasteiger partial charge in [0.05, 0.1) is 4.88 Å². The number of nitrogens with zero attached hydrogens (tertiary/aromatic N) is 1. The highest BCUT2D eigenvalue weighted by molar-refractivity contribution is 7.14. The van der Waals surface area contributed by atoms with Gasteiger partial charge < -0.3 is 4.90 Å². The molecule has 34 heavy (non-hydrogen) atoms. The molecule has 0 radical (unpaired) electrons. The Kier molecular flexibility index (Phi) is 8.48. The lowest BCUT2D eigenvalue weighted by atomic mass is 10.1. The normalized spacial score (nSPS) is 11.1. The van der Waals surface area contributed by atoms with Crippen LogP contribution in [0.4, 0.5) is 17.1 Å². The van der Waals surface area contributed by atoms with Crippen molar-refractivity contribution in [3.63, 3.8) is 0 Å². The highest BCUT2D eigenvalue weighted by atomic mass is 32.1. The first-order chi connectivity index (χ1) is 16.8. The quantitative estimate of drug-likeness (QED) is 0.162.